The standard InChI is InChI=1S/C21H23NOS/c1-3-13-24-20-10-5-4-9-19(20)21(23)22-15(2)17-12-11-16-7-6-8-18(16)14-17/h3-5,9-12,14-15H,1,6-8,13H2,2H3,(H,22,23). The lowest BCUT2D eigenvalue weighted by atomic mass is 10.0. The number of benzene rings is 2. The predicted molar refractivity (Wildman–Crippen MR) is 102 cm³/mol. The van der Waals surface area contributed by atoms with E-state index in [-0.39, 0.29) is 11.9 Å². The van der Waals surface area contributed by atoms with Crippen LogP contribution in [0.3, 0.4) is 0 Å². The number of carbonyl (C=O) groups is 1. The zero-order valence-corrected chi connectivity index (χ0v) is 14.9. The van der Waals surface area contributed by atoms with E-state index < -0.39 is 0 Å². The van der Waals surface area contributed by atoms with Gasteiger partial charge in [-0.3, -0.25) is 4.79 Å². The zero-order chi connectivity index (χ0) is 16.9. The fraction of sp³-hybridized carbons (Fsp3) is 0.286. The van der Waals surface area contributed by atoms with E-state index >= 15 is 0 Å². The van der Waals surface area contributed by atoms with Crippen molar-refractivity contribution in [3.8, 4) is 0 Å². The van der Waals surface area contributed by atoms with Crippen molar-refractivity contribution in [2.75, 3.05) is 5.75 Å². The smallest absolute Gasteiger partial charge is 0.252 e. The summed E-state index contributed by atoms with van der Waals surface area (Å²) in [6.45, 7) is 5.80. The molecule has 24 heavy (non-hydrogen) atoms. The van der Waals surface area contributed by atoms with Crippen molar-refractivity contribution in [1.29, 1.82) is 0 Å². The van der Waals surface area contributed by atoms with E-state index in [9.17, 15) is 4.79 Å². The van der Waals surface area contributed by atoms with Gasteiger partial charge in [-0.1, -0.05) is 36.4 Å². The molecule has 0 aliphatic heterocycles. The summed E-state index contributed by atoms with van der Waals surface area (Å²) >= 11 is 1.64. The maximum atomic E-state index is 12.7. The van der Waals surface area contributed by atoms with Crippen LogP contribution in [0.4, 0.5) is 0 Å². The van der Waals surface area contributed by atoms with Gasteiger partial charge in [0.1, 0.15) is 0 Å². The lowest BCUT2D eigenvalue weighted by Gasteiger charge is -2.17. The maximum absolute atomic E-state index is 12.7. The molecule has 1 unspecified atom stereocenters. The molecule has 1 aliphatic rings. The van der Waals surface area contributed by atoms with Crippen molar-refractivity contribution in [3.05, 3.63) is 77.4 Å². The van der Waals surface area contributed by atoms with Gasteiger partial charge in [-0.15, -0.1) is 18.3 Å². The molecule has 124 valence electrons. The van der Waals surface area contributed by atoms with Gasteiger partial charge in [0, 0.05) is 10.6 Å². The summed E-state index contributed by atoms with van der Waals surface area (Å²) < 4.78 is 0. The molecule has 0 aromatic heterocycles. The Bertz CT molecular complexity index is 753. The van der Waals surface area contributed by atoms with Crippen LogP contribution in [0, 0.1) is 0 Å². The van der Waals surface area contributed by atoms with Crippen LogP contribution >= 0.6 is 11.8 Å². The van der Waals surface area contributed by atoms with Crippen LogP contribution in [0.1, 0.15) is 46.4 Å². The van der Waals surface area contributed by atoms with Crippen molar-refractivity contribution >= 4 is 17.7 Å². The van der Waals surface area contributed by atoms with Crippen LogP contribution in [0.15, 0.2) is 60.0 Å². The molecule has 1 atom stereocenters. The van der Waals surface area contributed by atoms with Crippen LogP contribution in [0.5, 0.6) is 0 Å². The molecule has 3 rings (SSSR count). The molecule has 1 amide bonds. The Morgan fingerprint density at radius 3 is 2.88 bits per heavy atom. The van der Waals surface area contributed by atoms with E-state index in [0.717, 1.165) is 22.6 Å². The van der Waals surface area contributed by atoms with Gasteiger partial charge in [-0.2, -0.15) is 0 Å². The highest BCUT2D eigenvalue weighted by atomic mass is 32.2. The summed E-state index contributed by atoms with van der Waals surface area (Å²) in [6.07, 6.45) is 5.44. The Balaban J connectivity index is 1.73. The van der Waals surface area contributed by atoms with E-state index in [0.29, 0.717) is 0 Å². The highest BCUT2D eigenvalue weighted by molar-refractivity contribution is 7.99. The molecule has 2 aromatic rings. The molecular formula is C21H23NOS. The molecule has 0 radical (unpaired) electrons. The minimum Gasteiger partial charge on any atom is -0.345 e. The van der Waals surface area contributed by atoms with Gasteiger partial charge in [0.25, 0.3) is 5.91 Å². The number of thioether (sulfide) groups is 1. The van der Waals surface area contributed by atoms with Gasteiger partial charge < -0.3 is 5.32 Å². The summed E-state index contributed by atoms with van der Waals surface area (Å²) in [4.78, 5) is 13.7. The molecular weight excluding hydrogens is 314 g/mol. The number of nitrogens with one attached hydrogen (secondary N) is 1. The third-order valence-corrected chi connectivity index (χ3v) is 5.53. The zero-order valence-electron chi connectivity index (χ0n) is 14.0. The third kappa shape index (κ3) is 3.73. The number of rotatable bonds is 6. The molecule has 2 nitrogen and oxygen atoms in total. The number of hydrogen-bond donors (Lipinski definition) is 1. The van der Waals surface area contributed by atoms with Crippen molar-refractivity contribution in [3.63, 3.8) is 0 Å². The van der Waals surface area contributed by atoms with E-state index in [2.05, 4.69) is 30.1 Å². The Morgan fingerprint density at radius 1 is 1.25 bits per heavy atom. The lowest BCUT2D eigenvalue weighted by Crippen LogP contribution is -2.27. The first kappa shape index (κ1) is 16.8. The van der Waals surface area contributed by atoms with Crippen LogP contribution in [0.2, 0.25) is 0 Å². The fourth-order valence-electron chi connectivity index (χ4n) is 3.15. The topological polar surface area (TPSA) is 29.1 Å². The second kappa shape index (κ2) is 7.71. The van der Waals surface area contributed by atoms with Crippen molar-refractivity contribution < 1.29 is 4.79 Å². The average Bonchev–Trinajstić information content (AvgIpc) is 3.07. The normalized spacial score (nSPS) is 14.0. The van der Waals surface area contributed by atoms with Crippen molar-refractivity contribution in [2.24, 2.45) is 0 Å². The third-order valence-electron chi connectivity index (χ3n) is 4.46. The Labute approximate surface area is 148 Å². The van der Waals surface area contributed by atoms with Gasteiger partial charge >= 0.3 is 0 Å². The number of hydrogen-bond acceptors (Lipinski definition) is 2. The number of carbonyl (C=O) groups excluding carboxylic acids is 1. The molecule has 1 aliphatic carbocycles. The number of aryl methyl sites for hydroxylation is 2. The monoisotopic (exact) mass is 337 g/mol. The van der Waals surface area contributed by atoms with Crippen LogP contribution in [0.25, 0.3) is 0 Å². The van der Waals surface area contributed by atoms with Gasteiger partial charge in [0.05, 0.1) is 11.6 Å². The molecule has 0 saturated carbocycles. The SMILES string of the molecule is C=CCSc1ccccc1C(=O)NC(C)c1ccc2c(c1)CCC2. The summed E-state index contributed by atoms with van der Waals surface area (Å²) in [7, 11) is 0. The van der Waals surface area contributed by atoms with E-state index in [1.165, 1.54) is 29.5 Å². The van der Waals surface area contributed by atoms with Crippen molar-refractivity contribution in [2.45, 2.75) is 37.1 Å². The first-order valence-electron chi connectivity index (χ1n) is 8.44. The summed E-state index contributed by atoms with van der Waals surface area (Å²) in [5.74, 6) is 0.778. The van der Waals surface area contributed by atoms with Crippen molar-refractivity contribution in [1.82, 2.24) is 5.32 Å². The van der Waals surface area contributed by atoms with E-state index in [1.807, 2.05) is 37.3 Å². The highest BCUT2D eigenvalue weighted by Crippen LogP contribution is 2.26. The Hall–Kier alpha value is -2.00. The molecule has 0 heterocycles. The molecule has 1 N–H and O–H groups in total. The van der Waals surface area contributed by atoms with Crippen LogP contribution in [-0.2, 0) is 12.8 Å². The van der Waals surface area contributed by atoms with Gasteiger partial charge in [-0.05, 0) is 55.0 Å². The maximum Gasteiger partial charge on any atom is 0.252 e. The molecule has 0 spiro atoms. The van der Waals surface area contributed by atoms with Gasteiger partial charge in [0.15, 0.2) is 0 Å². The molecule has 0 bridgehead atoms. The van der Waals surface area contributed by atoms with Gasteiger partial charge in [0.2, 0.25) is 0 Å². The first-order chi connectivity index (χ1) is 11.7. The Morgan fingerprint density at radius 2 is 2.04 bits per heavy atom. The minimum absolute atomic E-state index is 0.000797. The Kier molecular flexibility index (Phi) is 5.41. The number of amides is 1. The molecule has 3 heteroatoms. The molecule has 2 aromatic carbocycles. The van der Waals surface area contributed by atoms with Crippen LogP contribution < -0.4 is 5.32 Å². The van der Waals surface area contributed by atoms with Gasteiger partial charge in [-0.25, -0.2) is 0 Å². The minimum atomic E-state index is -0.0184. The average molecular weight is 337 g/mol. The quantitative estimate of drug-likeness (QED) is 0.597. The first-order valence-corrected chi connectivity index (χ1v) is 9.43. The largest absolute Gasteiger partial charge is 0.345 e. The molecule has 0 fully saturated rings. The van der Waals surface area contributed by atoms with E-state index in [4.69, 9.17) is 0 Å². The second-order valence-electron chi connectivity index (χ2n) is 6.17. The lowest BCUT2D eigenvalue weighted by molar-refractivity contribution is 0.0937. The summed E-state index contributed by atoms with van der Waals surface area (Å²) in [5.41, 5.74) is 4.82. The second-order valence-corrected chi connectivity index (χ2v) is 7.23. The highest BCUT2D eigenvalue weighted by Gasteiger charge is 2.17. The fourth-order valence-corrected chi connectivity index (χ4v) is 3.94. The summed E-state index contributed by atoms with van der Waals surface area (Å²) in [5, 5.41) is 3.14. The van der Waals surface area contributed by atoms with E-state index in [1.54, 1.807) is 11.8 Å². The number of fused-ring (bicyclic) bond motifs is 1. The predicted octanol–water partition coefficient (Wildman–Crippen LogP) is 4.94. The summed E-state index contributed by atoms with van der Waals surface area (Å²) in [6, 6.07) is 14.4. The molecule has 0 saturated heterocycles. The van der Waals surface area contributed by atoms with Crippen LogP contribution in [-0.4, -0.2) is 11.7 Å².